The number of ether oxygens (including phenoxy) is 1. The van der Waals surface area contributed by atoms with E-state index in [1.165, 1.54) is 14.0 Å². The second kappa shape index (κ2) is 3.64. The van der Waals surface area contributed by atoms with Crippen LogP contribution in [0, 0.1) is 19.3 Å². The van der Waals surface area contributed by atoms with Crippen LogP contribution in [0.25, 0.3) is 0 Å². The molecule has 1 N–H and O–H groups in total. The van der Waals surface area contributed by atoms with Gasteiger partial charge in [-0.3, -0.25) is 0 Å². The Morgan fingerprint density at radius 2 is 2.21 bits per heavy atom. The SMILES string of the molecule is C#C[C@@](C)(O)c1cc(C)nc(OC)n1. The van der Waals surface area contributed by atoms with Gasteiger partial charge in [0.05, 0.1) is 12.8 Å². The summed E-state index contributed by atoms with van der Waals surface area (Å²) in [5.41, 5.74) is -0.326. The molecule has 0 spiro atoms. The molecular weight excluding hydrogens is 180 g/mol. The monoisotopic (exact) mass is 192 g/mol. The van der Waals surface area contributed by atoms with Gasteiger partial charge < -0.3 is 9.84 Å². The molecule has 0 aliphatic heterocycles. The summed E-state index contributed by atoms with van der Waals surface area (Å²) >= 11 is 0. The van der Waals surface area contributed by atoms with Crippen molar-refractivity contribution in [2.75, 3.05) is 7.11 Å². The topological polar surface area (TPSA) is 55.2 Å². The molecule has 1 aromatic rings. The van der Waals surface area contributed by atoms with E-state index in [1.807, 2.05) is 0 Å². The number of terminal acetylenes is 1. The molecule has 74 valence electrons. The number of nitrogens with zero attached hydrogens (tertiary/aromatic N) is 2. The second-order valence-corrected chi connectivity index (χ2v) is 3.10. The number of aliphatic hydroxyl groups is 1. The van der Waals surface area contributed by atoms with Gasteiger partial charge in [0.15, 0.2) is 5.60 Å². The molecule has 4 heteroatoms. The number of rotatable bonds is 2. The van der Waals surface area contributed by atoms with Crippen molar-refractivity contribution in [3.63, 3.8) is 0 Å². The van der Waals surface area contributed by atoms with Crippen molar-refractivity contribution in [2.45, 2.75) is 19.4 Å². The lowest BCUT2D eigenvalue weighted by molar-refractivity contribution is 0.116. The van der Waals surface area contributed by atoms with Gasteiger partial charge in [-0.15, -0.1) is 6.42 Å². The zero-order valence-electron chi connectivity index (χ0n) is 8.40. The summed E-state index contributed by atoms with van der Waals surface area (Å²) in [5.74, 6) is 2.25. The van der Waals surface area contributed by atoms with Crippen LogP contribution in [0.5, 0.6) is 6.01 Å². The summed E-state index contributed by atoms with van der Waals surface area (Å²) in [6, 6.07) is 1.83. The highest BCUT2D eigenvalue weighted by Gasteiger charge is 2.22. The highest BCUT2D eigenvalue weighted by atomic mass is 16.5. The van der Waals surface area contributed by atoms with Crippen LogP contribution in [0.2, 0.25) is 0 Å². The molecule has 0 amide bonds. The average molecular weight is 192 g/mol. The Hall–Kier alpha value is -1.60. The van der Waals surface area contributed by atoms with Crippen LogP contribution in [-0.4, -0.2) is 22.2 Å². The maximum absolute atomic E-state index is 9.76. The lowest BCUT2D eigenvalue weighted by Gasteiger charge is -2.16. The molecule has 0 fully saturated rings. The summed E-state index contributed by atoms with van der Waals surface area (Å²) in [6.07, 6.45) is 5.18. The first kappa shape index (κ1) is 10.5. The Labute approximate surface area is 83.0 Å². The molecule has 1 heterocycles. The fraction of sp³-hybridized carbons (Fsp3) is 0.400. The molecule has 14 heavy (non-hydrogen) atoms. The number of aryl methyl sites for hydroxylation is 1. The van der Waals surface area contributed by atoms with Crippen LogP contribution in [0.15, 0.2) is 6.07 Å². The number of hydrogen-bond acceptors (Lipinski definition) is 4. The zero-order valence-corrected chi connectivity index (χ0v) is 8.40. The van der Waals surface area contributed by atoms with Crippen LogP contribution in [0.1, 0.15) is 18.3 Å². The predicted octanol–water partition coefficient (Wildman–Crippen LogP) is 0.634. The van der Waals surface area contributed by atoms with Gasteiger partial charge in [0.25, 0.3) is 0 Å². The molecule has 0 aliphatic rings. The van der Waals surface area contributed by atoms with Crippen LogP contribution in [-0.2, 0) is 5.60 Å². The van der Waals surface area contributed by atoms with Crippen molar-refractivity contribution in [1.29, 1.82) is 0 Å². The summed E-state index contributed by atoms with van der Waals surface area (Å²) < 4.78 is 4.87. The van der Waals surface area contributed by atoms with Crippen LogP contribution in [0.3, 0.4) is 0 Å². The van der Waals surface area contributed by atoms with Gasteiger partial charge in [0.2, 0.25) is 0 Å². The lowest BCUT2D eigenvalue weighted by Crippen LogP contribution is -2.20. The molecule has 4 nitrogen and oxygen atoms in total. The lowest BCUT2D eigenvalue weighted by atomic mass is 10.0. The second-order valence-electron chi connectivity index (χ2n) is 3.10. The van der Waals surface area contributed by atoms with Gasteiger partial charge in [-0.1, -0.05) is 5.92 Å². The highest BCUT2D eigenvalue weighted by Crippen LogP contribution is 2.19. The van der Waals surface area contributed by atoms with E-state index in [2.05, 4.69) is 15.9 Å². The molecule has 0 aromatic carbocycles. The maximum atomic E-state index is 9.76. The Morgan fingerprint density at radius 3 is 2.71 bits per heavy atom. The van der Waals surface area contributed by atoms with Crippen LogP contribution >= 0.6 is 0 Å². The van der Waals surface area contributed by atoms with Gasteiger partial charge in [-0.05, 0) is 19.9 Å². The van der Waals surface area contributed by atoms with Crippen molar-refractivity contribution in [1.82, 2.24) is 9.97 Å². The van der Waals surface area contributed by atoms with Gasteiger partial charge in [0.1, 0.15) is 0 Å². The fourth-order valence-electron chi connectivity index (χ4n) is 0.956. The summed E-state index contributed by atoms with van der Waals surface area (Å²) in [7, 11) is 1.46. The Kier molecular flexibility index (Phi) is 2.73. The van der Waals surface area contributed by atoms with E-state index < -0.39 is 5.60 Å². The fourth-order valence-corrected chi connectivity index (χ4v) is 0.956. The first-order valence-corrected chi connectivity index (χ1v) is 4.10. The van der Waals surface area contributed by atoms with E-state index in [0.29, 0.717) is 11.4 Å². The Bertz CT molecular complexity index is 380. The van der Waals surface area contributed by atoms with Crippen LogP contribution < -0.4 is 4.74 Å². The van der Waals surface area contributed by atoms with E-state index in [4.69, 9.17) is 11.2 Å². The third kappa shape index (κ3) is 2.01. The number of methoxy groups -OCH3 is 1. The molecule has 1 atom stereocenters. The third-order valence-corrected chi connectivity index (χ3v) is 1.80. The number of aromatic nitrogens is 2. The van der Waals surface area contributed by atoms with Crippen molar-refractivity contribution < 1.29 is 9.84 Å². The van der Waals surface area contributed by atoms with Crippen molar-refractivity contribution in [3.8, 4) is 18.4 Å². The molecule has 0 bridgehead atoms. The molecule has 1 rings (SSSR count). The minimum atomic E-state index is -1.39. The maximum Gasteiger partial charge on any atom is 0.316 e. The minimum Gasteiger partial charge on any atom is -0.467 e. The van der Waals surface area contributed by atoms with Gasteiger partial charge in [-0.25, -0.2) is 4.98 Å². The van der Waals surface area contributed by atoms with E-state index in [0.717, 1.165) is 0 Å². The van der Waals surface area contributed by atoms with E-state index in [1.54, 1.807) is 13.0 Å². The van der Waals surface area contributed by atoms with Gasteiger partial charge >= 0.3 is 6.01 Å². The minimum absolute atomic E-state index is 0.204. The van der Waals surface area contributed by atoms with Crippen molar-refractivity contribution in [3.05, 3.63) is 17.5 Å². The van der Waals surface area contributed by atoms with Gasteiger partial charge in [0, 0.05) is 5.69 Å². The van der Waals surface area contributed by atoms with Crippen LogP contribution in [0.4, 0.5) is 0 Å². The summed E-state index contributed by atoms with van der Waals surface area (Å²) in [4.78, 5) is 7.96. The normalized spacial score (nSPS) is 14.2. The average Bonchev–Trinajstić information content (AvgIpc) is 2.16. The summed E-state index contributed by atoms with van der Waals surface area (Å²) in [6.45, 7) is 3.27. The van der Waals surface area contributed by atoms with E-state index >= 15 is 0 Å². The molecule has 1 aromatic heterocycles. The Balaban J connectivity index is 3.24. The van der Waals surface area contributed by atoms with Crippen molar-refractivity contribution >= 4 is 0 Å². The smallest absolute Gasteiger partial charge is 0.316 e. The molecule has 0 radical (unpaired) electrons. The predicted molar refractivity (Wildman–Crippen MR) is 51.7 cm³/mol. The first-order chi connectivity index (χ1) is 6.49. The third-order valence-electron chi connectivity index (χ3n) is 1.80. The van der Waals surface area contributed by atoms with E-state index in [9.17, 15) is 5.11 Å². The first-order valence-electron chi connectivity index (χ1n) is 4.10. The molecule has 0 saturated carbocycles. The standard InChI is InChI=1S/C10H12N2O2/c1-5-10(3,13)8-6-7(2)11-9(12-8)14-4/h1,6,13H,2-4H3/t10-/m1/s1. The molecular formula is C10H12N2O2. The quantitative estimate of drug-likeness (QED) is 0.698. The van der Waals surface area contributed by atoms with E-state index in [-0.39, 0.29) is 6.01 Å². The van der Waals surface area contributed by atoms with Gasteiger partial charge in [-0.2, -0.15) is 4.98 Å². The summed E-state index contributed by atoms with van der Waals surface area (Å²) in [5, 5.41) is 9.76. The largest absolute Gasteiger partial charge is 0.467 e. The Morgan fingerprint density at radius 1 is 1.57 bits per heavy atom. The molecule has 0 saturated heterocycles. The zero-order chi connectivity index (χ0) is 10.8. The molecule has 0 aliphatic carbocycles. The van der Waals surface area contributed by atoms with Crippen molar-refractivity contribution in [2.24, 2.45) is 0 Å². The highest BCUT2D eigenvalue weighted by molar-refractivity contribution is 5.25. The number of hydrogen-bond donors (Lipinski definition) is 1. The molecule has 0 unspecified atom stereocenters.